The van der Waals surface area contributed by atoms with Crippen molar-refractivity contribution in [2.24, 2.45) is 5.92 Å². The molecular formula is C27H33N5O4. The average molecular weight is 492 g/mol. The number of hydrogen-bond acceptors (Lipinski definition) is 7. The van der Waals surface area contributed by atoms with Gasteiger partial charge in [-0.2, -0.15) is 0 Å². The van der Waals surface area contributed by atoms with Crippen molar-refractivity contribution in [1.29, 1.82) is 0 Å². The first-order valence-corrected chi connectivity index (χ1v) is 12.9. The molecule has 3 N–H and O–H groups in total. The minimum Gasteiger partial charge on any atom is -0.492 e. The molecule has 1 aromatic carbocycles. The van der Waals surface area contributed by atoms with Crippen molar-refractivity contribution in [2.75, 3.05) is 43.0 Å². The number of rotatable bonds is 8. The number of aromatic nitrogens is 1. The highest BCUT2D eigenvalue weighted by Gasteiger charge is 2.28. The van der Waals surface area contributed by atoms with Crippen LogP contribution in [0.1, 0.15) is 49.1 Å². The van der Waals surface area contributed by atoms with E-state index in [1.165, 1.54) is 0 Å². The molecule has 0 radical (unpaired) electrons. The monoisotopic (exact) mass is 491 g/mol. The summed E-state index contributed by atoms with van der Waals surface area (Å²) in [7, 11) is 0. The molecular weight excluding hydrogens is 458 g/mol. The fourth-order valence-corrected chi connectivity index (χ4v) is 5.17. The van der Waals surface area contributed by atoms with E-state index in [-0.39, 0.29) is 23.6 Å². The van der Waals surface area contributed by atoms with Gasteiger partial charge in [-0.1, -0.05) is 6.07 Å². The van der Waals surface area contributed by atoms with Gasteiger partial charge in [-0.05, 0) is 73.5 Å². The summed E-state index contributed by atoms with van der Waals surface area (Å²) in [6, 6.07) is 9.81. The number of nitrogens with zero attached hydrogens (tertiary/aromatic N) is 2. The van der Waals surface area contributed by atoms with Gasteiger partial charge in [0, 0.05) is 44.4 Å². The van der Waals surface area contributed by atoms with Gasteiger partial charge in [-0.15, -0.1) is 0 Å². The number of fused-ring (bicyclic) bond motifs is 1. The lowest BCUT2D eigenvalue weighted by molar-refractivity contribution is -0.134. The van der Waals surface area contributed by atoms with Crippen LogP contribution in [0.25, 0.3) is 0 Å². The number of pyridine rings is 1. The standard InChI is InChI=1S/C27H33N5O4/c33-25-7-2-19-15-21(3-5-23(19)30-25)36-14-11-28-16-18-9-12-32(13-10-18)24-6-1-20(17-29-24)22-4-8-26(34)31-27(22)35/h1,3,5-6,15,17-18,22,28H,2,4,7-14,16H2,(H,30,33)(H,31,34,35). The molecule has 0 bridgehead atoms. The number of imide groups is 1. The molecule has 2 aromatic rings. The van der Waals surface area contributed by atoms with Gasteiger partial charge in [0.2, 0.25) is 17.7 Å². The first-order chi connectivity index (χ1) is 17.5. The number of carbonyl (C=O) groups is 3. The van der Waals surface area contributed by atoms with E-state index in [0.29, 0.717) is 31.8 Å². The average Bonchev–Trinajstić information content (AvgIpc) is 2.89. The molecule has 1 aromatic heterocycles. The van der Waals surface area contributed by atoms with Crippen molar-refractivity contribution in [1.82, 2.24) is 15.6 Å². The van der Waals surface area contributed by atoms with Crippen molar-refractivity contribution in [3.63, 3.8) is 0 Å². The fourth-order valence-electron chi connectivity index (χ4n) is 5.17. The van der Waals surface area contributed by atoms with Gasteiger partial charge < -0.3 is 20.3 Å². The molecule has 3 aliphatic rings. The normalized spacial score (nSPS) is 20.5. The Labute approximate surface area is 211 Å². The van der Waals surface area contributed by atoms with Gasteiger partial charge in [0.05, 0.1) is 5.92 Å². The minimum absolute atomic E-state index is 0.0742. The lowest BCUT2D eigenvalue weighted by Crippen LogP contribution is -2.39. The zero-order chi connectivity index (χ0) is 24.9. The molecule has 4 heterocycles. The van der Waals surface area contributed by atoms with Crippen molar-refractivity contribution >= 4 is 29.2 Å². The van der Waals surface area contributed by atoms with Crippen molar-refractivity contribution in [3.8, 4) is 5.75 Å². The van der Waals surface area contributed by atoms with Crippen molar-refractivity contribution in [3.05, 3.63) is 47.7 Å². The second-order valence-corrected chi connectivity index (χ2v) is 9.80. The van der Waals surface area contributed by atoms with Crippen LogP contribution >= 0.6 is 0 Å². The molecule has 5 rings (SSSR count). The minimum atomic E-state index is -0.292. The fraction of sp³-hybridized carbons (Fsp3) is 0.481. The molecule has 190 valence electrons. The molecule has 0 saturated carbocycles. The third-order valence-corrected chi connectivity index (χ3v) is 7.30. The van der Waals surface area contributed by atoms with E-state index in [2.05, 4.69) is 25.8 Å². The van der Waals surface area contributed by atoms with Gasteiger partial charge in [0.25, 0.3) is 0 Å². The summed E-state index contributed by atoms with van der Waals surface area (Å²) >= 11 is 0. The molecule has 2 fully saturated rings. The predicted molar refractivity (Wildman–Crippen MR) is 136 cm³/mol. The quantitative estimate of drug-likeness (QED) is 0.384. The summed E-state index contributed by atoms with van der Waals surface area (Å²) in [5, 5.41) is 8.83. The summed E-state index contributed by atoms with van der Waals surface area (Å²) in [6.45, 7) is 4.28. The number of amides is 3. The van der Waals surface area contributed by atoms with Crippen LogP contribution in [0.4, 0.5) is 11.5 Å². The van der Waals surface area contributed by atoms with Crippen LogP contribution in [0, 0.1) is 5.92 Å². The van der Waals surface area contributed by atoms with E-state index >= 15 is 0 Å². The second-order valence-electron chi connectivity index (χ2n) is 9.80. The predicted octanol–water partition coefficient (Wildman–Crippen LogP) is 2.37. The van der Waals surface area contributed by atoms with E-state index in [4.69, 9.17) is 4.74 Å². The number of benzene rings is 1. The Bertz CT molecular complexity index is 1110. The topological polar surface area (TPSA) is 113 Å². The Balaban J connectivity index is 1.00. The molecule has 1 atom stereocenters. The summed E-state index contributed by atoms with van der Waals surface area (Å²) in [5.41, 5.74) is 2.89. The molecule has 1 unspecified atom stereocenters. The molecule has 36 heavy (non-hydrogen) atoms. The first-order valence-electron chi connectivity index (χ1n) is 12.9. The SMILES string of the molecule is O=C1CCC(c2ccc(N3CCC(CNCCOc4ccc5c(c4)CCC(=O)N5)CC3)nc2)C(=O)N1. The molecule has 9 nitrogen and oxygen atoms in total. The van der Waals surface area contributed by atoms with E-state index in [1.807, 2.05) is 30.3 Å². The van der Waals surface area contributed by atoms with Crippen LogP contribution in [0.15, 0.2) is 36.5 Å². The molecule has 3 amide bonds. The molecule has 3 aliphatic heterocycles. The third-order valence-electron chi connectivity index (χ3n) is 7.30. The Morgan fingerprint density at radius 2 is 1.81 bits per heavy atom. The largest absolute Gasteiger partial charge is 0.492 e. The third kappa shape index (κ3) is 5.84. The summed E-state index contributed by atoms with van der Waals surface area (Å²) in [6.07, 6.45) is 6.18. The smallest absolute Gasteiger partial charge is 0.234 e. The highest BCUT2D eigenvalue weighted by atomic mass is 16.5. The van der Waals surface area contributed by atoms with Gasteiger partial charge in [-0.25, -0.2) is 4.98 Å². The van der Waals surface area contributed by atoms with E-state index in [0.717, 1.165) is 73.8 Å². The zero-order valence-corrected chi connectivity index (χ0v) is 20.4. The van der Waals surface area contributed by atoms with Crippen LogP contribution in [-0.2, 0) is 20.8 Å². The number of carbonyl (C=O) groups excluding carboxylic acids is 3. The van der Waals surface area contributed by atoms with Gasteiger partial charge >= 0.3 is 0 Å². The lowest BCUT2D eigenvalue weighted by atomic mass is 9.91. The molecule has 0 spiro atoms. The number of piperidine rings is 2. The lowest BCUT2D eigenvalue weighted by Gasteiger charge is -2.33. The number of anilines is 2. The van der Waals surface area contributed by atoms with Crippen molar-refractivity contribution in [2.45, 2.75) is 44.4 Å². The Kier molecular flexibility index (Phi) is 7.46. The maximum Gasteiger partial charge on any atom is 0.234 e. The number of hydrogen-bond donors (Lipinski definition) is 3. The van der Waals surface area contributed by atoms with Gasteiger partial charge in [-0.3, -0.25) is 19.7 Å². The van der Waals surface area contributed by atoms with E-state index in [1.54, 1.807) is 6.20 Å². The molecule has 2 saturated heterocycles. The van der Waals surface area contributed by atoms with Crippen LogP contribution in [-0.4, -0.2) is 55.5 Å². The summed E-state index contributed by atoms with van der Waals surface area (Å²) < 4.78 is 5.90. The zero-order valence-electron chi connectivity index (χ0n) is 20.4. The number of nitrogens with one attached hydrogen (secondary N) is 3. The van der Waals surface area contributed by atoms with Gasteiger partial charge in [0.1, 0.15) is 18.2 Å². The summed E-state index contributed by atoms with van der Waals surface area (Å²) in [5.74, 6) is 1.77. The maximum atomic E-state index is 12.1. The summed E-state index contributed by atoms with van der Waals surface area (Å²) in [4.78, 5) is 41.9. The first kappa shape index (κ1) is 24.2. The Morgan fingerprint density at radius 3 is 2.58 bits per heavy atom. The highest BCUT2D eigenvalue weighted by Crippen LogP contribution is 2.28. The number of aryl methyl sites for hydroxylation is 1. The number of ether oxygens (including phenoxy) is 1. The van der Waals surface area contributed by atoms with Crippen LogP contribution < -0.4 is 25.6 Å². The van der Waals surface area contributed by atoms with Crippen LogP contribution in [0.2, 0.25) is 0 Å². The second kappa shape index (κ2) is 11.1. The Morgan fingerprint density at radius 1 is 0.972 bits per heavy atom. The van der Waals surface area contributed by atoms with Crippen molar-refractivity contribution < 1.29 is 19.1 Å². The molecule has 9 heteroatoms. The Hall–Kier alpha value is -3.46. The van der Waals surface area contributed by atoms with E-state index in [9.17, 15) is 14.4 Å². The highest BCUT2D eigenvalue weighted by molar-refractivity contribution is 6.00. The van der Waals surface area contributed by atoms with Gasteiger partial charge in [0.15, 0.2) is 0 Å². The maximum absolute atomic E-state index is 12.1. The van der Waals surface area contributed by atoms with Crippen LogP contribution in [0.5, 0.6) is 5.75 Å². The van der Waals surface area contributed by atoms with E-state index < -0.39 is 0 Å². The molecule has 0 aliphatic carbocycles. The van der Waals surface area contributed by atoms with Crippen LogP contribution in [0.3, 0.4) is 0 Å².